The number of nitrogens with two attached hydrogens (primary N) is 1. The Labute approximate surface area is 124 Å². The molecule has 1 rings (SSSR count). The fourth-order valence-corrected chi connectivity index (χ4v) is 2.01. The zero-order valence-electron chi connectivity index (χ0n) is 11.7. The van der Waals surface area contributed by atoms with E-state index in [1.807, 2.05) is 19.9 Å². The first-order valence-corrected chi connectivity index (χ1v) is 6.92. The summed E-state index contributed by atoms with van der Waals surface area (Å²) in [6.07, 6.45) is 0. The zero-order chi connectivity index (χ0) is 14.8. The molecular formula is C14H20Cl2N2O. The summed E-state index contributed by atoms with van der Waals surface area (Å²) >= 11 is 11.9. The maximum atomic E-state index is 12.3. The first-order valence-electron chi connectivity index (χ1n) is 6.17. The molecule has 0 unspecified atom stereocenters. The molecule has 3 nitrogen and oxygen atoms in total. The van der Waals surface area contributed by atoms with E-state index in [9.17, 15) is 4.79 Å². The van der Waals surface area contributed by atoms with Gasteiger partial charge in [0.1, 0.15) is 0 Å². The van der Waals surface area contributed by atoms with E-state index in [2.05, 4.69) is 0 Å². The van der Waals surface area contributed by atoms with Gasteiger partial charge in [0.2, 0.25) is 5.91 Å². The van der Waals surface area contributed by atoms with Gasteiger partial charge in [-0.1, -0.05) is 29.3 Å². The van der Waals surface area contributed by atoms with Crippen LogP contribution in [0.2, 0.25) is 10.0 Å². The van der Waals surface area contributed by atoms with Crippen molar-refractivity contribution in [2.24, 2.45) is 5.73 Å². The van der Waals surface area contributed by atoms with E-state index in [0.29, 0.717) is 16.6 Å². The Hall–Kier alpha value is -0.770. The standard InChI is InChI=1S/C14H20Cl2N2O/c1-9(2)18(13(19)14(3,4)17)8-10-5-6-11(15)12(16)7-10/h5-7,9H,8,17H2,1-4H3. The van der Waals surface area contributed by atoms with E-state index < -0.39 is 5.54 Å². The maximum absolute atomic E-state index is 12.3. The summed E-state index contributed by atoms with van der Waals surface area (Å²) in [4.78, 5) is 14.0. The maximum Gasteiger partial charge on any atom is 0.242 e. The van der Waals surface area contributed by atoms with Gasteiger partial charge in [0.15, 0.2) is 0 Å². The van der Waals surface area contributed by atoms with Crippen molar-refractivity contribution in [3.8, 4) is 0 Å². The van der Waals surface area contributed by atoms with Gasteiger partial charge in [-0.05, 0) is 45.4 Å². The topological polar surface area (TPSA) is 46.3 Å². The second-order valence-corrected chi connectivity index (χ2v) is 6.31. The van der Waals surface area contributed by atoms with Crippen molar-refractivity contribution in [2.75, 3.05) is 0 Å². The Morgan fingerprint density at radius 2 is 1.89 bits per heavy atom. The van der Waals surface area contributed by atoms with Gasteiger partial charge in [0, 0.05) is 12.6 Å². The van der Waals surface area contributed by atoms with Crippen molar-refractivity contribution in [1.29, 1.82) is 0 Å². The number of hydrogen-bond donors (Lipinski definition) is 1. The van der Waals surface area contributed by atoms with E-state index in [0.717, 1.165) is 5.56 Å². The van der Waals surface area contributed by atoms with Crippen LogP contribution in [-0.4, -0.2) is 22.4 Å². The molecule has 0 aliphatic heterocycles. The summed E-state index contributed by atoms with van der Waals surface area (Å²) < 4.78 is 0. The number of nitrogens with zero attached hydrogens (tertiary/aromatic N) is 1. The Balaban J connectivity index is 2.96. The van der Waals surface area contributed by atoms with Crippen LogP contribution in [-0.2, 0) is 11.3 Å². The van der Waals surface area contributed by atoms with Crippen LogP contribution in [0.1, 0.15) is 33.3 Å². The number of rotatable bonds is 4. The molecule has 0 spiro atoms. The smallest absolute Gasteiger partial charge is 0.242 e. The highest BCUT2D eigenvalue weighted by Crippen LogP contribution is 2.24. The number of amides is 1. The molecule has 0 saturated heterocycles. The Bertz CT molecular complexity index is 467. The van der Waals surface area contributed by atoms with E-state index in [-0.39, 0.29) is 11.9 Å². The second-order valence-electron chi connectivity index (χ2n) is 5.50. The average molecular weight is 303 g/mol. The number of carbonyl (C=O) groups excluding carboxylic acids is 1. The third kappa shape index (κ3) is 4.37. The van der Waals surface area contributed by atoms with Gasteiger partial charge in [0.05, 0.1) is 15.6 Å². The Morgan fingerprint density at radius 3 is 2.32 bits per heavy atom. The monoisotopic (exact) mass is 302 g/mol. The molecule has 19 heavy (non-hydrogen) atoms. The number of carbonyl (C=O) groups is 1. The quantitative estimate of drug-likeness (QED) is 0.926. The van der Waals surface area contributed by atoms with Crippen molar-refractivity contribution in [2.45, 2.75) is 45.8 Å². The third-order valence-electron chi connectivity index (χ3n) is 2.77. The molecule has 1 amide bonds. The van der Waals surface area contributed by atoms with Crippen molar-refractivity contribution in [1.82, 2.24) is 4.90 Å². The SMILES string of the molecule is CC(C)N(Cc1ccc(Cl)c(Cl)c1)C(=O)C(C)(C)N. The molecule has 0 aromatic heterocycles. The molecule has 0 fully saturated rings. The molecule has 1 aromatic carbocycles. The number of benzene rings is 1. The van der Waals surface area contributed by atoms with Crippen LogP contribution >= 0.6 is 23.2 Å². The van der Waals surface area contributed by atoms with Gasteiger partial charge in [0.25, 0.3) is 0 Å². The summed E-state index contributed by atoms with van der Waals surface area (Å²) in [5.41, 5.74) is 5.93. The molecule has 0 heterocycles. The summed E-state index contributed by atoms with van der Waals surface area (Å²) in [6.45, 7) is 7.80. The van der Waals surface area contributed by atoms with Gasteiger partial charge < -0.3 is 10.6 Å². The Morgan fingerprint density at radius 1 is 1.32 bits per heavy atom. The highest BCUT2D eigenvalue weighted by atomic mass is 35.5. The summed E-state index contributed by atoms with van der Waals surface area (Å²) in [7, 11) is 0. The molecule has 0 atom stereocenters. The van der Waals surface area contributed by atoms with Crippen LogP contribution in [0, 0.1) is 0 Å². The minimum atomic E-state index is -0.888. The molecule has 0 aliphatic rings. The van der Waals surface area contributed by atoms with E-state index in [4.69, 9.17) is 28.9 Å². The minimum absolute atomic E-state index is 0.0600. The average Bonchev–Trinajstić information content (AvgIpc) is 2.28. The lowest BCUT2D eigenvalue weighted by atomic mass is 10.0. The lowest BCUT2D eigenvalue weighted by Crippen LogP contribution is -2.52. The molecule has 0 aliphatic carbocycles. The van der Waals surface area contributed by atoms with Crippen LogP contribution < -0.4 is 5.73 Å². The van der Waals surface area contributed by atoms with Gasteiger partial charge in [-0.2, -0.15) is 0 Å². The molecule has 0 radical (unpaired) electrons. The van der Waals surface area contributed by atoms with Crippen molar-refractivity contribution in [3.05, 3.63) is 33.8 Å². The van der Waals surface area contributed by atoms with E-state index in [1.54, 1.807) is 30.9 Å². The van der Waals surface area contributed by atoms with Gasteiger partial charge in [-0.3, -0.25) is 4.79 Å². The lowest BCUT2D eigenvalue weighted by molar-refractivity contribution is -0.138. The van der Waals surface area contributed by atoms with Crippen LogP contribution in [0.15, 0.2) is 18.2 Å². The second kappa shape index (κ2) is 6.12. The first kappa shape index (κ1) is 16.3. The van der Waals surface area contributed by atoms with Gasteiger partial charge in [-0.25, -0.2) is 0 Å². The molecule has 106 valence electrons. The third-order valence-corrected chi connectivity index (χ3v) is 3.51. The Kier molecular flexibility index (Phi) is 5.25. The minimum Gasteiger partial charge on any atom is -0.334 e. The summed E-state index contributed by atoms with van der Waals surface area (Å²) in [5.74, 6) is -0.0893. The van der Waals surface area contributed by atoms with Crippen LogP contribution in [0.4, 0.5) is 0 Å². The predicted molar refractivity (Wildman–Crippen MR) is 80.4 cm³/mol. The highest BCUT2D eigenvalue weighted by molar-refractivity contribution is 6.42. The van der Waals surface area contributed by atoms with Gasteiger partial charge in [-0.15, -0.1) is 0 Å². The lowest BCUT2D eigenvalue weighted by Gasteiger charge is -2.32. The number of hydrogen-bond acceptors (Lipinski definition) is 2. The highest BCUT2D eigenvalue weighted by Gasteiger charge is 2.29. The fourth-order valence-electron chi connectivity index (χ4n) is 1.69. The summed E-state index contributed by atoms with van der Waals surface area (Å²) in [5, 5.41) is 0.995. The molecular weight excluding hydrogens is 283 g/mol. The van der Waals surface area contributed by atoms with Crippen LogP contribution in [0.25, 0.3) is 0 Å². The van der Waals surface area contributed by atoms with Crippen LogP contribution in [0.3, 0.4) is 0 Å². The number of halogens is 2. The molecule has 1 aromatic rings. The summed E-state index contributed by atoms with van der Waals surface area (Å²) in [6, 6.07) is 5.43. The predicted octanol–water partition coefficient (Wildman–Crippen LogP) is 3.47. The molecule has 0 saturated carbocycles. The normalized spacial score (nSPS) is 11.8. The molecule has 0 bridgehead atoms. The van der Waals surface area contributed by atoms with Crippen molar-refractivity contribution in [3.63, 3.8) is 0 Å². The fraction of sp³-hybridized carbons (Fsp3) is 0.500. The van der Waals surface area contributed by atoms with E-state index >= 15 is 0 Å². The van der Waals surface area contributed by atoms with Crippen molar-refractivity contribution >= 4 is 29.1 Å². The van der Waals surface area contributed by atoms with Crippen molar-refractivity contribution < 1.29 is 4.79 Å². The first-order chi connectivity index (χ1) is 8.62. The zero-order valence-corrected chi connectivity index (χ0v) is 13.2. The molecule has 2 N–H and O–H groups in total. The van der Waals surface area contributed by atoms with Crippen LogP contribution in [0.5, 0.6) is 0 Å². The van der Waals surface area contributed by atoms with Gasteiger partial charge >= 0.3 is 0 Å². The van der Waals surface area contributed by atoms with E-state index in [1.165, 1.54) is 0 Å². The molecule has 5 heteroatoms. The largest absolute Gasteiger partial charge is 0.334 e.